The van der Waals surface area contributed by atoms with Gasteiger partial charge in [-0.1, -0.05) is 6.08 Å². The zero-order valence-corrected chi connectivity index (χ0v) is 9.49. The Balaban J connectivity index is 2.60. The summed E-state index contributed by atoms with van der Waals surface area (Å²) in [7, 11) is 0. The number of hydrogen-bond acceptors (Lipinski definition) is 2. The quantitative estimate of drug-likeness (QED) is 0.832. The van der Waals surface area contributed by atoms with Crippen molar-refractivity contribution in [3.8, 4) is 0 Å². The fourth-order valence-electron chi connectivity index (χ4n) is 0.967. The molecule has 0 aliphatic carbocycles. The lowest BCUT2D eigenvalue weighted by Gasteiger charge is -2.10. The lowest BCUT2D eigenvalue weighted by molar-refractivity contribution is -0.123. The second-order valence-electron chi connectivity index (χ2n) is 2.85. The van der Waals surface area contributed by atoms with Crippen LogP contribution < -0.4 is 5.32 Å². The second kappa shape index (κ2) is 4.95. The molecule has 76 valence electrons. The van der Waals surface area contributed by atoms with Crippen LogP contribution in [0.4, 0.5) is 0 Å². The van der Waals surface area contributed by atoms with Gasteiger partial charge in [0.05, 0.1) is 10.7 Å². The number of carbonyl (C=O) groups is 1. The molecule has 0 saturated heterocycles. The van der Waals surface area contributed by atoms with E-state index < -0.39 is 0 Å². The molecule has 0 saturated carbocycles. The van der Waals surface area contributed by atoms with Crippen molar-refractivity contribution in [3.63, 3.8) is 0 Å². The van der Waals surface area contributed by atoms with Gasteiger partial charge in [-0.15, -0.1) is 6.58 Å². The maximum atomic E-state index is 11.5. The fraction of sp³-hybridized carbons (Fsp3) is 0.333. The summed E-state index contributed by atoms with van der Waals surface area (Å²) in [6.45, 7) is 5.79. The highest BCUT2D eigenvalue weighted by Gasteiger charge is 2.14. The summed E-state index contributed by atoms with van der Waals surface area (Å²) in [5, 5.41) is 6.73. The van der Waals surface area contributed by atoms with E-state index in [9.17, 15) is 4.79 Å². The first-order chi connectivity index (χ1) is 6.65. The van der Waals surface area contributed by atoms with Gasteiger partial charge in [-0.3, -0.25) is 9.48 Å². The van der Waals surface area contributed by atoms with Gasteiger partial charge in [0.15, 0.2) is 0 Å². The van der Waals surface area contributed by atoms with Gasteiger partial charge in [0.1, 0.15) is 6.04 Å². The van der Waals surface area contributed by atoms with E-state index >= 15 is 0 Å². The van der Waals surface area contributed by atoms with Crippen LogP contribution in [0.25, 0.3) is 0 Å². The Kier molecular flexibility index (Phi) is 3.88. The van der Waals surface area contributed by atoms with E-state index in [-0.39, 0.29) is 11.9 Å². The summed E-state index contributed by atoms with van der Waals surface area (Å²) in [4.78, 5) is 11.5. The van der Waals surface area contributed by atoms with Crippen molar-refractivity contribution >= 4 is 21.8 Å². The fourth-order valence-corrected chi connectivity index (χ4v) is 1.27. The minimum Gasteiger partial charge on any atom is -0.351 e. The van der Waals surface area contributed by atoms with Crippen molar-refractivity contribution in [1.82, 2.24) is 15.1 Å². The molecule has 4 nitrogen and oxygen atoms in total. The first kappa shape index (κ1) is 11.0. The Morgan fingerprint density at radius 2 is 2.64 bits per heavy atom. The van der Waals surface area contributed by atoms with E-state index in [1.165, 1.54) is 0 Å². The van der Waals surface area contributed by atoms with E-state index in [4.69, 9.17) is 0 Å². The molecule has 1 aromatic heterocycles. The van der Waals surface area contributed by atoms with E-state index in [1.807, 2.05) is 0 Å². The highest BCUT2D eigenvalue weighted by Crippen LogP contribution is 2.11. The van der Waals surface area contributed by atoms with Crippen LogP contribution in [-0.2, 0) is 4.79 Å². The van der Waals surface area contributed by atoms with E-state index in [0.717, 1.165) is 4.47 Å². The molecule has 0 radical (unpaired) electrons. The van der Waals surface area contributed by atoms with Gasteiger partial charge in [-0.2, -0.15) is 5.10 Å². The second-order valence-corrected chi connectivity index (χ2v) is 3.76. The third-order valence-electron chi connectivity index (χ3n) is 1.77. The Morgan fingerprint density at radius 3 is 3.14 bits per heavy atom. The van der Waals surface area contributed by atoms with Crippen molar-refractivity contribution in [2.45, 2.75) is 13.0 Å². The van der Waals surface area contributed by atoms with Crippen molar-refractivity contribution < 1.29 is 4.79 Å². The third kappa shape index (κ3) is 2.70. The third-order valence-corrected chi connectivity index (χ3v) is 2.18. The van der Waals surface area contributed by atoms with Crippen LogP contribution in [0, 0.1) is 0 Å². The number of aromatic nitrogens is 2. The van der Waals surface area contributed by atoms with E-state index in [0.29, 0.717) is 6.54 Å². The number of hydrogen-bond donors (Lipinski definition) is 1. The monoisotopic (exact) mass is 257 g/mol. The normalized spacial score (nSPS) is 12.1. The lowest BCUT2D eigenvalue weighted by Crippen LogP contribution is -2.31. The number of rotatable bonds is 4. The minimum atomic E-state index is -0.304. The predicted molar refractivity (Wildman–Crippen MR) is 57.8 cm³/mol. The standard InChI is InChI=1S/C9H12BrN3O/c1-3-4-11-9(14)7(2)13-6-8(10)5-12-13/h3,5-7H,1,4H2,2H3,(H,11,14). The molecule has 1 amide bonds. The molecule has 1 unspecified atom stereocenters. The highest BCUT2D eigenvalue weighted by molar-refractivity contribution is 9.10. The zero-order chi connectivity index (χ0) is 10.6. The molecule has 5 heteroatoms. The predicted octanol–water partition coefficient (Wildman–Crippen LogP) is 1.51. The van der Waals surface area contributed by atoms with Crippen LogP contribution in [0.5, 0.6) is 0 Å². The first-order valence-corrected chi connectivity index (χ1v) is 5.02. The molecule has 1 heterocycles. The number of carbonyl (C=O) groups excluding carboxylic acids is 1. The number of halogens is 1. The molecule has 1 N–H and O–H groups in total. The number of nitrogens with one attached hydrogen (secondary N) is 1. The van der Waals surface area contributed by atoms with Crippen molar-refractivity contribution in [1.29, 1.82) is 0 Å². The average Bonchev–Trinajstić information content (AvgIpc) is 2.60. The van der Waals surface area contributed by atoms with Crippen LogP contribution in [0.1, 0.15) is 13.0 Å². The van der Waals surface area contributed by atoms with Gasteiger partial charge in [-0.25, -0.2) is 0 Å². The molecular formula is C9H12BrN3O. The summed E-state index contributed by atoms with van der Waals surface area (Å²) >= 11 is 3.27. The van der Waals surface area contributed by atoms with Crippen LogP contribution in [0.2, 0.25) is 0 Å². The molecular weight excluding hydrogens is 246 g/mol. The molecule has 14 heavy (non-hydrogen) atoms. The van der Waals surface area contributed by atoms with Crippen molar-refractivity contribution in [3.05, 3.63) is 29.5 Å². The highest BCUT2D eigenvalue weighted by atomic mass is 79.9. The van der Waals surface area contributed by atoms with Gasteiger partial charge >= 0.3 is 0 Å². The molecule has 1 atom stereocenters. The Labute approximate surface area is 91.1 Å². The first-order valence-electron chi connectivity index (χ1n) is 4.23. The molecule has 1 rings (SSSR count). The van der Waals surface area contributed by atoms with Gasteiger partial charge in [-0.05, 0) is 22.9 Å². The molecule has 1 aromatic rings. The average molecular weight is 258 g/mol. The van der Waals surface area contributed by atoms with Crippen LogP contribution in [0.15, 0.2) is 29.5 Å². The largest absolute Gasteiger partial charge is 0.351 e. The molecule has 0 aliphatic heterocycles. The van der Waals surface area contributed by atoms with E-state index in [1.54, 1.807) is 30.1 Å². The molecule has 0 bridgehead atoms. The SMILES string of the molecule is C=CCNC(=O)C(C)n1cc(Br)cn1. The van der Waals surface area contributed by atoms with E-state index in [2.05, 4.69) is 32.9 Å². The molecule has 0 fully saturated rings. The Hall–Kier alpha value is -1.10. The van der Waals surface area contributed by atoms with Gasteiger partial charge in [0, 0.05) is 12.7 Å². The summed E-state index contributed by atoms with van der Waals surface area (Å²) in [5.41, 5.74) is 0. The summed E-state index contributed by atoms with van der Waals surface area (Å²) in [6.07, 6.45) is 5.05. The smallest absolute Gasteiger partial charge is 0.244 e. The maximum Gasteiger partial charge on any atom is 0.244 e. The maximum absolute atomic E-state index is 11.5. The van der Waals surface area contributed by atoms with Gasteiger partial charge < -0.3 is 5.32 Å². The Bertz CT molecular complexity index is 335. The molecule has 0 spiro atoms. The van der Waals surface area contributed by atoms with Crippen LogP contribution in [-0.4, -0.2) is 22.2 Å². The summed E-state index contributed by atoms with van der Waals surface area (Å²) < 4.78 is 2.46. The van der Waals surface area contributed by atoms with Crippen LogP contribution in [0.3, 0.4) is 0 Å². The van der Waals surface area contributed by atoms with Crippen molar-refractivity contribution in [2.75, 3.05) is 6.54 Å². The molecule has 0 aromatic carbocycles. The van der Waals surface area contributed by atoms with Gasteiger partial charge in [0.25, 0.3) is 0 Å². The van der Waals surface area contributed by atoms with Crippen LogP contribution >= 0.6 is 15.9 Å². The number of amides is 1. The summed E-state index contributed by atoms with van der Waals surface area (Å²) in [5.74, 6) is -0.0690. The van der Waals surface area contributed by atoms with Gasteiger partial charge in [0.2, 0.25) is 5.91 Å². The Morgan fingerprint density at radius 1 is 1.93 bits per heavy atom. The summed E-state index contributed by atoms with van der Waals surface area (Å²) in [6, 6.07) is -0.304. The van der Waals surface area contributed by atoms with Crippen molar-refractivity contribution in [2.24, 2.45) is 0 Å². The minimum absolute atomic E-state index is 0.0690. The topological polar surface area (TPSA) is 46.9 Å². The number of nitrogens with zero attached hydrogens (tertiary/aromatic N) is 2. The molecule has 0 aliphatic rings. The zero-order valence-electron chi connectivity index (χ0n) is 7.90. The lowest BCUT2D eigenvalue weighted by atomic mass is 10.3.